The summed E-state index contributed by atoms with van der Waals surface area (Å²) in [6.45, 7) is 4.75. The van der Waals surface area contributed by atoms with Gasteiger partial charge in [0.1, 0.15) is 34.6 Å². The van der Waals surface area contributed by atoms with Gasteiger partial charge in [-0.1, -0.05) is 11.6 Å². The summed E-state index contributed by atoms with van der Waals surface area (Å²) in [4.78, 5) is 32.0. The van der Waals surface area contributed by atoms with Crippen molar-refractivity contribution in [2.45, 2.75) is 39.3 Å². The first-order valence-corrected chi connectivity index (χ1v) is 9.25. The summed E-state index contributed by atoms with van der Waals surface area (Å²) >= 11 is 6.23. The van der Waals surface area contributed by atoms with Crippen molar-refractivity contribution in [1.82, 2.24) is 9.55 Å². The molecule has 0 saturated heterocycles. The third-order valence-corrected chi connectivity index (χ3v) is 5.41. The van der Waals surface area contributed by atoms with E-state index in [9.17, 15) is 23.5 Å². The topological polar surface area (TPSA) is 93.8 Å². The molecule has 0 fully saturated rings. The van der Waals surface area contributed by atoms with Crippen molar-refractivity contribution < 1.29 is 23.4 Å². The zero-order chi connectivity index (χ0) is 22.2. The predicted octanol–water partition coefficient (Wildman–Crippen LogP) is 3.61. The fraction of sp³-hybridized carbons (Fsp3) is 0.300. The number of hydrogen-bond donors (Lipinski definition) is 1. The molecule has 7 nitrogen and oxygen atoms in total. The number of hydrogen-bond acceptors (Lipinski definition) is 5. The van der Waals surface area contributed by atoms with Crippen LogP contribution in [0.4, 0.5) is 8.78 Å². The van der Waals surface area contributed by atoms with Crippen LogP contribution in [0.25, 0.3) is 0 Å². The van der Waals surface area contributed by atoms with Gasteiger partial charge in [0.25, 0.3) is 5.56 Å². The first-order chi connectivity index (χ1) is 14.0. The summed E-state index contributed by atoms with van der Waals surface area (Å²) in [5, 5.41) is 9.05. The maximum Gasteiger partial charge on any atom is 0.350 e. The second-order valence-electron chi connectivity index (χ2n) is 7.12. The summed E-state index contributed by atoms with van der Waals surface area (Å²) in [6, 6.07) is 2.17. The smallest absolute Gasteiger partial charge is 0.350 e. The highest BCUT2D eigenvalue weighted by atomic mass is 35.5. The quantitative estimate of drug-likeness (QED) is 0.771. The van der Waals surface area contributed by atoms with Gasteiger partial charge in [0, 0.05) is 30.4 Å². The van der Waals surface area contributed by atoms with Crippen LogP contribution in [0.3, 0.4) is 0 Å². The number of halogens is 3. The van der Waals surface area contributed by atoms with Crippen LogP contribution in [0, 0.1) is 18.6 Å². The Kier molecular flexibility index (Phi) is 5.76. The number of ether oxygens (including phenoxy) is 1. The summed E-state index contributed by atoms with van der Waals surface area (Å²) < 4.78 is 33.6. The molecule has 0 amide bonds. The SMILES string of the molecule is CC1=CN=C(C(=O)O)CC1(C)n1c(C)cc(OCc2ncc(F)cc2F)c(Cl)c1=O. The van der Waals surface area contributed by atoms with Crippen LogP contribution >= 0.6 is 11.6 Å². The Morgan fingerprint density at radius 1 is 1.37 bits per heavy atom. The molecule has 3 heterocycles. The largest absolute Gasteiger partial charge is 0.485 e. The third-order valence-electron chi connectivity index (χ3n) is 5.06. The van der Waals surface area contributed by atoms with Crippen molar-refractivity contribution in [3.63, 3.8) is 0 Å². The van der Waals surface area contributed by atoms with Crippen molar-refractivity contribution in [3.05, 3.63) is 68.5 Å². The van der Waals surface area contributed by atoms with Gasteiger partial charge in [-0.2, -0.15) is 0 Å². The van der Waals surface area contributed by atoms with Crippen molar-refractivity contribution in [1.29, 1.82) is 0 Å². The number of aliphatic carboxylic acids is 1. The molecule has 1 atom stereocenters. The van der Waals surface area contributed by atoms with Crippen LogP contribution in [0.5, 0.6) is 5.75 Å². The van der Waals surface area contributed by atoms with E-state index in [1.807, 2.05) is 0 Å². The first-order valence-electron chi connectivity index (χ1n) is 8.87. The van der Waals surface area contributed by atoms with Crippen molar-refractivity contribution in [2.75, 3.05) is 0 Å². The van der Waals surface area contributed by atoms with Gasteiger partial charge in [0.05, 0.1) is 11.7 Å². The van der Waals surface area contributed by atoms with Gasteiger partial charge in [-0.25, -0.2) is 13.6 Å². The lowest BCUT2D eigenvalue weighted by atomic mass is 9.85. The molecule has 0 bridgehead atoms. The Labute approximate surface area is 175 Å². The van der Waals surface area contributed by atoms with Crippen molar-refractivity contribution in [3.8, 4) is 5.75 Å². The zero-order valence-corrected chi connectivity index (χ0v) is 17.1. The highest BCUT2D eigenvalue weighted by Crippen LogP contribution is 2.35. The molecule has 0 radical (unpaired) electrons. The Bertz CT molecular complexity index is 1160. The van der Waals surface area contributed by atoms with Crippen LogP contribution in [-0.2, 0) is 16.9 Å². The Balaban J connectivity index is 1.97. The fourth-order valence-corrected chi connectivity index (χ4v) is 3.50. The molecule has 158 valence electrons. The minimum atomic E-state index is -1.17. The van der Waals surface area contributed by atoms with Gasteiger partial charge >= 0.3 is 5.97 Å². The highest BCUT2D eigenvalue weighted by molar-refractivity contribution is 6.36. The van der Waals surface area contributed by atoms with E-state index in [1.165, 1.54) is 16.8 Å². The average molecular weight is 438 g/mol. The number of aromatic nitrogens is 2. The van der Waals surface area contributed by atoms with Gasteiger partial charge in [0.2, 0.25) is 0 Å². The number of carboxylic acids is 1. The number of aryl methyl sites for hydroxylation is 1. The normalized spacial score (nSPS) is 18.6. The molecule has 3 rings (SSSR count). The number of nitrogens with zero attached hydrogens (tertiary/aromatic N) is 3. The predicted molar refractivity (Wildman–Crippen MR) is 106 cm³/mol. The highest BCUT2D eigenvalue weighted by Gasteiger charge is 2.37. The van der Waals surface area contributed by atoms with Gasteiger partial charge in [-0.05, 0) is 26.3 Å². The van der Waals surface area contributed by atoms with E-state index in [4.69, 9.17) is 16.3 Å². The van der Waals surface area contributed by atoms with Gasteiger partial charge in [-0.3, -0.25) is 14.8 Å². The molecular weight excluding hydrogens is 420 g/mol. The number of allylic oxidation sites excluding steroid dienone is 1. The van der Waals surface area contributed by atoms with E-state index in [1.54, 1.807) is 20.8 Å². The molecular formula is C20H18ClF2N3O4. The lowest BCUT2D eigenvalue weighted by Gasteiger charge is -2.36. The molecule has 1 aliphatic rings. The second kappa shape index (κ2) is 7.98. The molecule has 1 aliphatic heterocycles. The Morgan fingerprint density at radius 2 is 2.07 bits per heavy atom. The summed E-state index contributed by atoms with van der Waals surface area (Å²) in [6.07, 6.45) is 2.26. The van der Waals surface area contributed by atoms with E-state index in [0.29, 0.717) is 17.3 Å². The molecule has 30 heavy (non-hydrogen) atoms. The van der Waals surface area contributed by atoms with Gasteiger partial charge < -0.3 is 14.4 Å². The lowest BCUT2D eigenvalue weighted by molar-refractivity contribution is -0.129. The maximum atomic E-state index is 13.8. The lowest BCUT2D eigenvalue weighted by Crippen LogP contribution is -2.45. The molecule has 1 N–H and O–H groups in total. The number of pyridine rings is 2. The van der Waals surface area contributed by atoms with E-state index < -0.39 is 28.7 Å². The monoisotopic (exact) mass is 437 g/mol. The van der Waals surface area contributed by atoms with E-state index in [-0.39, 0.29) is 35.2 Å². The molecule has 2 aromatic rings. The molecule has 0 spiro atoms. The van der Waals surface area contributed by atoms with Crippen LogP contribution < -0.4 is 10.3 Å². The molecule has 0 aromatic carbocycles. The Morgan fingerprint density at radius 3 is 2.70 bits per heavy atom. The minimum Gasteiger partial charge on any atom is -0.485 e. The fourth-order valence-electron chi connectivity index (χ4n) is 3.31. The number of rotatable bonds is 5. The summed E-state index contributed by atoms with van der Waals surface area (Å²) in [7, 11) is 0. The van der Waals surface area contributed by atoms with Crippen LogP contribution in [0.2, 0.25) is 5.02 Å². The molecule has 0 saturated carbocycles. The van der Waals surface area contributed by atoms with Crippen LogP contribution in [0.1, 0.15) is 31.7 Å². The molecule has 2 aromatic heterocycles. The summed E-state index contributed by atoms with van der Waals surface area (Å²) in [5.41, 5.74) is -0.683. The molecule has 0 aliphatic carbocycles. The third kappa shape index (κ3) is 3.85. The summed E-state index contributed by atoms with van der Waals surface area (Å²) in [5.74, 6) is -2.86. The number of aliphatic imine (C=N–C) groups is 1. The number of carbonyl (C=O) groups is 1. The van der Waals surface area contributed by atoms with E-state index in [2.05, 4.69) is 9.98 Å². The van der Waals surface area contributed by atoms with Crippen molar-refractivity contribution in [2.24, 2.45) is 4.99 Å². The maximum absolute atomic E-state index is 13.8. The Hall–Kier alpha value is -3.07. The van der Waals surface area contributed by atoms with Crippen LogP contribution in [0.15, 0.2) is 39.9 Å². The first kappa shape index (κ1) is 21.6. The number of carboxylic acid groups (broad SMARTS) is 1. The average Bonchev–Trinajstić information content (AvgIpc) is 2.67. The molecule has 1 unspecified atom stereocenters. The van der Waals surface area contributed by atoms with E-state index >= 15 is 0 Å². The van der Waals surface area contributed by atoms with E-state index in [0.717, 1.165) is 6.20 Å². The minimum absolute atomic E-state index is 0.00728. The van der Waals surface area contributed by atoms with Gasteiger partial charge in [-0.15, -0.1) is 0 Å². The zero-order valence-electron chi connectivity index (χ0n) is 16.4. The standard InChI is InChI=1S/C20H18ClF2N3O4/c1-10-7-24-14(19(28)29)6-20(10,3)26-11(2)4-16(17(21)18(26)27)30-9-15-13(23)5-12(22)8-25-15/h4-5,7-8H,6,9H2,1-3H3,(H,28,29). The molecule has 10 heteroatoms. The van der Waals surface area contributed by atoms with Crippen molar-refractivity contribution >= 4 is 23.3 Å². The second-order valence-corrected chi connectivity index (χ2v) is 7.50. The van der Waals surface area contributed by atoms with Gasteiger partial charge in [0.15, 0.2) is 5.82 Å². The van der Waals surface area contributed by atoms with Crippen LogP contribution in [-0.4, -0.2) is 26.3 Å².